The number of aryl methyl sites for hydroxylation is 1. The molecule has 5 heteroatoms. The fourth-order valence-corrected chi connectivity index (χ4v) is 3.06. The zero-order chi connectivity index (χ0) is 15.9. The smallest absolute Gasteiger partial charge is 0.267 e. The molecule has 0 unspecified atom stereocenters. The Morgan fingerprint density at radius 2 is 2.09 bits per heavy atom. The van der Waals surface area contributed by atoms with Crippen LogP contribution in [0.25, 0.3) is 0 Å². The largest absolute Gasteiger partial charge is 0.496 e. The molecule has 22 heavy (non-hydrogen) atoms. The molecule has 1 saturated carbocycles. The Morgan fingerprint density at radius 1 is 1.36 bits per heavy atom. The number of hydrogen-bond acceptors (Lipinski definition) is 3. The van der Waals surface area contributed by atoms with Crippen LogP contribution in [0.2, 0.25) is 5.15 Å². The van der Waals surface area contributed by atoms with Gasteiger partial charge in [-0.15, -0.1) is 0 Å². The third-order valence-electron chi connectivity index (χ3n) is 4.31. The second-order valence-electron chi connectivity index (χ2n) is 5.85. The van der Waals surface area contributed by atoms with Crippen molar-refractivity contribution in [3.8, 4) is 5.75 Å². The third kappa shape index (κ3) is 2.75. The summed E-state index contributed by atoms with van der Waals surface area (Å²) in [5.74, 6) is 1.23. The number of nitrogens with zero attached hydrogens (tertiary/aromatic N) is 2. The lowest BCUT2D eigenvalue weighted by molar-refractivity contribution is 0.410. The molecule has 2 aromatic rings. The van der Waals surface area contributed by atoms with Crippen molar-refractivity contribution in [2.24, 2.45) is 0 Å². The zero-order valence-electron chi connectivity index (χ0n) is 13.0. The van der Waals surface area contributed by atoms with Crippen molar-refractivity contribution in [1.82, 2.24) is 9.78 Å². The van der Waals surface area contributed by atoms with E-state index in [-0.39, 0.29) is 5.56 Å². The molecule has 116 valence electrons. The number of ether oxygens (including phenoxy) is 1. The first-order valence-corrected chi connectivity index (χ1v) is 7.79. The topological polar surface area (TPSA) is 44.1 Å². The molecule has 1 aliphatic carbocycles. The van der Waals surface area contributed by atoms with Crippen LogP contribution in [-0.2, 0) is 6.54 Å². The highest BCUT2D eigenvalue weighted by Gasteiger charge is 2.27. The Kier molecular flexibility index (Phi) is 3.96. The van der Waals surface area contributed by atoms with Gasteiger partial charge in [0, 0.05) is 6.07 Å². The third-order valence-corrected chi connectivity index (χ3v) is 4.60. The molecule has 1 aliphatic rings. The van der Waals surface area contributed by atoms with Crippen molar-refractivity contribution in [2.75, 3.05) is 7.11 Å². The molecule has 0 amide bonds. The summed E-state index contributed by atoms with van der Waals surface area (Å²) < 4.78 is 6.79. The maximum Gasteiger partial charge on any atom is 0.267 e. The molecule has 0 saturated heterocycles. The van der Waals surface area contributed by atoms with Gasteiger partial charge < -0.3 is 4.74 Å². The summed E-state index contributed by atoms with van der Waals surface area (Å²) in [6.45, 7) is 4.41. The molecule has 1 aromatic heterocycles. The predicted octanol–water partition coefficient (Wildman–Crippen LogP) is 3.45. The van der Waals surface area contributed by atoms with E-state index in [2.05, 4.69) is 5.10 Å². The van der Waals surface area contributed by atoms with Crippen molar-refractivity contribution < 1.29 is 4.74 Å². The van der Waals surface area contributed by atoms with Gasteiger partial charge in [-0.2, -0.15) is 5.10 Å². The van der Waals surface area contributed by atoms with E-state index in [0.29, 0.717) is 17.6 Å². The summed E-state index contributed by atoms with van der Waals surface area (Å²) in [5.41, 5.74) is 3.96. The van der Waals surface area contributed by atoms with Crippen LogP contribution >= 0.6 is 11.6 Å². The average Bonchev–Trinajstić information content (AvgIpc) is 3.31. The van der Waals surface area contributed by atoms with Crippen molar-refractivity contribution >= 4 is 11.6 Å². The van der Waals surface area contributed by atoms with Crippen LogP contribution in [0.3, 0.4) is 0 Å². The first-order chi connectivity index (χ1) is 10.5. The molecule has 3 rings (SSSR count). The van der Waals surface area contributed by atoms with Crippen LogP contribution in [-0.4, -0.2) is 16.9 Å². The molecule has 1 fully saturated rings. The van der Waals surface area contributed by atoms with Crippen LogP contribution in [0.4, 0.5) is 0 Å². The second kappa shape index (κ2) is 5.76. The van der Waals surface area contributed by atoms with Gasteiger partial charge in [-0.1, -0.05) is 17.7 Å². The number of methoxy groups -OCH3 is 1. The lowest BCUT2D eigenvalue weighted by Gasteiger charge is -2.15. The lowest BCUT2D eigenvalue weighted by atomic mass is 10.0. The Bertz CT molecular complexity index is 779. The number of aromatic nitrogens is 2. The second-order valence-corrected chi connectivity index (χ2v) is 6.21. The fraction of sp³-hybridized carbons (Fsp3) is 0.412. The van der Waals surface area contributed by atoms with Gasteiger partial charge >= 0.3 is 0 Å². The van der Waals surface area contributed by atoms with Gasteiger partial charge in [0.05, 0.1) is 13.7 Å². The first-order valence-electron chi connectivity index (χ1n) is 7.42. The van der Waals surface area contributed by atoms with E-state index >= 15 is 0 Å². The van der Waals surface area contributed by atoms with Gasteiger partial charge in [-0.05, 0) is 60.9 Å². The minimum absolute atomic E-state index is 0.104. The van der Waals surface area contributed by atoms with Gasteiger partial charge in [0.1, 0.15) is 5.75 Å². The Morgan fingerprint density at radius 3 is 2.73 bits per heavy atom. The van der Waals surface area contributed by atoms with E-state index in [0.717, 1.165) is 40.8 Å². The highest BCUT2D eigenvalue weighted by molar-refractivity contribution is 6.30. The van der Waals surface area contributed by atoms with Gasteiger partial charge in [0.2, 0.25) is 0 Å². The summed E-state index contributed by atoms with van der Waals surface area (Å²) in [7, 11) is 1.65. The standard InChI is InChI=1S/C17H19ClN2O2/c1-10-4-7-15(22-3)11(2)14(10)9-20-16(21)8-13(12-5-6-12)17(18)19-20/h4,7-8,12H,5-6,9H2,1-3H3. The molecule has 0 spiro atoms. The summed E-state index contributed by atoms with van der Waals surface area (Å²) in [6, 6.07) is 5.57. The lowest BCUT2D eigenvalue weighted by Crippen LogP contribution is -2.24. The highest BCUT2D eigenvalue weighted by Crippen LogP contribution is 2.41. The molecule has 1 heterocycles. The van der Waals surface area contributed by atoms with Crippen LogP contribution in [0.1, 0.15) is 41.0 Å². The van der Waals surface area contributed by atoms with E-state index in [1.54, 1.807) is 13.2 Å². The number of rotatable bonds is 4. The molecule has 0 bridgehead atoms. The minimum Gasteiger partial charge on any atom is -0.496 e. The van der Waals surface area contributed by atoms with Crippen molar-refractivity contribution in [3.63, 3.8) is 0 Å². The van der Waals surface area contributed by atoms with E-state index in [1.165, 1.54) is 4.68 Å². The van der Waals surface area contributed by atoms with Crippen molar-refractivity contribution in [3.05, 3.63) is 56.0 Å². The molecule has 0 aliphatic heterocycles. The van der Waals surface area contributed by atoms with Crippen LogP contribution < -0.4 is 10.3 Å². The maximum absolute atomic E-state index is 12.3. The Hall–Kier alpha value is -1.81. The summed E-state index contributed by atoms with van der Waals surface area (Å²) in [6.07, 6.45) is 2.19. The molecular weight excluding hydrogens is 300 g/mol. The van der Waals surface area contributed by atoms with E-state index < -0.39 is 0 Å². The number of benzene rings is 1. The molecule has 4 nitrogen and oxygen atoms in total. The van der Waals surface area contributed by atoms with Crippen LogP contribution in [0.5, 0.6) is 5.75 Å². The zero-order valence-corrected chi connectivity index (χ0v) is 13.8. The van der Waals surface area contributed by atoms with Gasteiger partial charge in [-0.25, -0.2) is 4.68 Å². The molecule has 0 atom stereocenters. The molecule has 1 aromatic carbocycles. The SMILES string of the molecule is COc1ccc(C)c(Cn2nc(Cl)c(C3CC3)cc2=O)c1C. The predicted molar refractivity (Wildman–Crippen MR) is 87.1 cm³/mol. The van der Waals surface area contributed by atoms with Gasteiger partial charge in [0.15, 0.2) is 5.15 Å². The molecular formula is C17H19ClN2O2. The summed E-state index contributed by atoms with van der Waals surface area (Å²) >= 11 is 6.25. The van der Waals surface area contributed by atoms with Crippen LogP contribution in [0.15, 0.2) is 23.0 Å². The quantitative estimate of drug-likeness (QED) is 0.867. The summed E-state index contributed by atoms with van der Waals surface area (Å²) in [4.78, 5) is 12.3. The Balaban J connectivity index is 2.00. The first kappa shape index (κ1) is 15.1. The van der Waals surface area contributed by atoms with Crippen molar-refractivity contribution in [1.29, 1.82) is 0 Å². The fourth-order valence-electron chi connectivity index (χ4n) is 2.76. The van der Waals surface area contributed by atoms with Gasteiger partial charge in [0.25, 0.3) is 5.56 Å². The molecule has 0 N–H and O–H groups in total. The van der Waals surface area contributed by atoms with Gasteiger partial charge in [-0.3, -0.25) is 4.79 Å². The number of hydrogen-bond donors (Lipinski definition) is 0. The normalized spacial score (nSPS) is 14.2. The molecule has 0 radical (unpaired) electrons. The van der Waals surface area contributed by atoms with E-state index in [4.69, 9.17) is 16.3 Å². The highest BCUT2D eigenvalue weighted by atomic mass is 35.5. The Labute approximate surface area is 134 Å². The average molecular weight is 319 g/mol. The van der Waals surface area contributed by atoms with E-state index in [1.807, 2.05) is 26.0 Å². The summed E-state index contributed by atoms with van der Waals surface area (Å²) in [5, 5.41) is 4.74. The van der Waals surface area contributed by atoms with E-state index in [9.17, 15) is 4.79 Å². The number of halogens is 1. The van der Waals surface area contributed by atoms with Crippen molar-refractivity contribution in [2.45, 2.75) is 39.2 Å². The van der Waals surface area contributed by atoms with Crippen LogP contribution in [0, 0.1) is 13.8 Å². The monoisotopic (exact) mass is 318 g/mol. The minimum atomic E-state index is -0.104. The maximum atomic E-state index is 12.3.